The lowest BCUT2D eigenvalue weighted by atomic mass is 10.1. The second kappa shape index (κ2) is 7.68. The first kappa shape index (κ1) is 17.6. The summed E-state index contributed by atoms with van der Waals surface area (Å²) in [6, 6.07) is 13.5. The van der Waals surface area contributed by atoms with Gasteiger partial charge in [-0.05, 0) is 55.8 Å². The van der Waals surface area contributed by atoms with Crippen LogP contribution in [-0.2, 0) is 23.0 Å². The number of hydrogen-bond donors (Lipinski definition) is 2. The number of nitrogens with one attached hydrogen (secondary N) is 2. The fourth-order valence-electron chi connectivity index (χ4n) is 2.28. The van der Waals surface area contributed by atoms with E-state index in [-0.39, 0.29) is 16.8 Å². The van der Waals surface area contributed by atoms with Gasteiger partial charge in [-0.15, -0.1) is 0 Å². The Morgan fingerprint density at radius 3 is 2.43 bits per heavy atom. The Kier molecular flexibility index (Phi) is 5.87. The molecule has 2 aromatic carbocycles. The average molecular weight is 336 g/mol. The maximum atomic E-state index is 12.9. The predicted octanol–water partition coefficient (Wildman–Crippen LogP) is 2.45. The van der Waals surface area contributed by atoms with Crippen molar-refractivity contribution in [3.63, 3.8) is 0 Å². The van der Waals surface area contributed by atoms with Crippen molar-refractivity contribution in [2.75, 3.05) is 7.05 Å². The van der Waals surface area contributed by atoms with Gasteiger partial charge in [0.2, 0.25) is 10.0 Å². The molecule has 0 amide bonds. The number of halogens is 1. The molecule has 1 unspecified atom stereocenters. The highest BCUT2D eigenvalue weighted by Gasteiger charge is 2.11. The Balaban J connectivity index is 1.95. The van der Waals surface area contributed by atoms with E-state index in [1.54, 1.807) is 30.3 Å². The SMILES string of the molecule is CNS(=O)(=O)c1cccc(CNC(C)Cc2ccc(F)cc2)c1. The van der Waals surface area contributed by atoms with Crippen molar-refractivity contribution >= 4 is 10.0 Å². The standard InChI is InChI=1S/C17H21FN2O2S/c1-13(10-14-6-8-16(18)9-7-14)20-12-15-4-3-5-17(11-15)23(21,22)19-2/h3-9,11,13,19-20H,10,12H2,1-2H3. The van der Waals surface area contributed by atoms with Gasteiger partial charge in [0.05, 0.1) is 4.90 Å². The largest absolute Gasteiger partial charge is 0.310 e. The van der Waals surface area contributed by atoms with Gasteiger partial charge in [0, 0.05) is 12.6 Å². The van der Waals surface area contributed by atoms with Crippen molar-refractivity contribution in [2.45, 2.75) is 30.8 Å². The Labute approximate surface area is 136 Å². The van der Waals surface area contributed by atoms with E-state index in [1.165, 1.54) is 19.2 Å². The van der Waals surface area contributed by atoms with E-state index >= 15 is 0 Å². The molecular formula is C17H21FN2O2S. The van der Waals surface area contributed by atoms with Crippen molar-refractivity contribution in [3.05, 3.63) is 65.5 Å². The van der Waals surface area contributed by atoms with Crippen LogP contribution in [0.4, 0.5) is 4.39 Å². The number of hydrogen-bond acceptors (Lipinski definition) is 3. The van der Waals surface area contributed by atoms with Gasteiger partial charge in [0.15, 0.2) is 0 Å². The molecule has 23 heavy (non-hydrogen) atoms. The first-order valence-corrected chi connectivity index (χ1v) is 8.89. The van der Waals surface area contributed by atoms with Gasteiger partial charge in [-0.1, -0.05) is 24.3 Å². The van der Waals surface area contributed by atoms with Gasteiger partial charge in [0.1, 0.15) is 5.82 Å². The summed E-state index contributed by atoms with van der Waals surface area (Å²) in [7, 11) is -2.03. The molecule has 0 fully saturated rings. The average Bonchev–Trinajstić information content (AvgIpc) is 2.55. The topological polar surface area (TPSA) is 58.2 Å². The minimum Gasteiger partial charge on any atom is -0.310 e. The van der Waals surface area contributed by atoms with E-state index in [2.05, 4.69) is 10.0 Å². The summed E-state index contributed by atoms with van der Waals surface area (Å²) in [5.41, 5.74) is 1.95. The minimum atomic E-state index is -3.43. The van der Waals surface area contributed by atoms with Crippen molar-refractivity contribution in [1.29, 1.82) is 0 Å². The van der Waals surface area contributed by atoms with Crippen molar-refractivity contribution < 1.29 is 12.8 Å². The van der Waals surface area contributed by atoms with Crippen LogP contribution >= 0.6 is 0 Å². The van der Waals surface area contributed by atoms with Gasteiger partial charge in [0.25, 0.3) is 0 Å². The van der Waals surface area contributed by atoms with Crippen LogP contribution in [0, 0.1) is 5.82 Å². The summed E-state index contributed by atoms with van der Waals surface area (Å²) in [4.78, 5) is 0.255. The fourth-order valence-corrected chi connectivity index (χ4v) is 3.08. The number of sulfonamides is 1. The third kappa shape index (κ3) is 5.13. The zero-order valence-corrected chi connectivity index (χ0v) is 14.0. The van der Waals surface area contributed by atoms with E-state index in [9.17, 15) is 12.8 Å². The molecule has 0 heterocycles. The van der Waals surface area contributed by atoms with E-state index in [0.717, 1.165) is 17.5 Å². The Hall–Kier alpha value is -1.76. The van der Waals surface area contributed by atoms with Crippen molar-refractivity contribution in [3.8, 4) is 0 Å². The van der Waals surface area contributed by atoms with Crippen LogP contribution in [0.5, 0.6) is 0 Å². The Bertz CT molecular complexity index is 745. The zero-order valence-electron chi connectivity index (χ0n) is 13.2. The zero-order chi connectivity index (χ0) is 16.9. The molecule has 0 radical (unpaired) electrons. The van der Waals surface area contributed by atoms with Crippen LogP contribution < -0.4 is 10.0 Å². The van der Waals surface area contributed by atoms with Crippen LogP contribution in [0.15, 0.2) is 53.4 Å². The highest BCUT2D eigenvalue weighted by Crippen LogP contribution is 2.12. The minimum absolute atomic E-state index is 0.185. The second-order valence-corrected chi connectivity index (χ2v) is 7.35. The molecule has 124 valence electrons. The molecule has 0 aliphatic heterocycles. The summed E-state index contributed by atoms with van der Waals surface area (Å²) in [5, 5.41) is 3.35. The van der Waals surface area contributed by atoms with Crippen LogP contribution in [0.1, 0.15) is 18.1 Å². The quantitative estimate of drug-likeness (QED) is 0.816. The van der Waals surface area contributed by atoms with Gasteiger partial charge in [-0.25, -0.2) is 17.5 Å². The Morgan fingerprint density at radius 2 is 1.78 bits per heavy atom. The van der Waals surface area contributed by atoms with Crippen LogP contribution in [0.3, 0.4) is 0 Å². The third-order valence-electron chi connectivity index (χ3n) is 3.59. The lowest BCUT2D eigenvalue weighted by Gasteiger charge is -2.14. The molecule has 0 aromatic heterocycles. The highest BCUT2D eigenvalue weighted by atomic mass is 32.2. The molecule has 2 N–H and O–H groups in total. The molecular weight excluding hydrogens is 315 g/mol. The van der Waals surface area contributed by atoms with Crippen LogP contribution in [0.25, 0.3) is 0 Å². The second-order valence-electron chi connectivity index (χ2n) is 5.47. The Morgan fingerprint density at radius 1 is 1.09 bits per heavy atom. The first-order chi connectivity index (χ1) is 10.9. The normalized spacial score (nSPS) is 13.0. The fraction of sp³-hybridized carbons (Fsp3) is 0.294. The molecule has 0 saturated carbocycles. The highest BCUT2D eigenvalue weighted by molar-refractivity contribution is 7.89. The molecule has 0 aliphatic rings. The first-order valence-electron chi connectivity index (χ1n) is 7.41. The molecule has 0 saturated heterocycles. The summed E-state index contributed by atoms with van der Waals surface area (Å²) in [5.74, 6) is -0.239. The summed E-state index contributed by atoms with van der Waals surface area (Å²) < 4.78 is 38.8. The van der Waals surface area contributed by atoms with Gasteiger partial charge < -0.3 is 5.32 Å². The number of rotatable bonds is 7. The molecule has 0 aliphatic carbocycles. The number of benzene rings is 2. The van der Waals surface area contributed by atoms with E-state index < -0.39 is 10.0 Å². The molecule has 6 heteroatoms. The van der Waals surface area contributed by atoms with Crippen molar-refractivity contribution in [1.82, 2.24) is 10.0 Å². The molecule has 0 spiro atoms. The van der Waals surface area contributed by atoms with Crippen molar-refractivity contribution in [2.24, 2.45) is 0 Å². The lowest BCUT2D eigenvalue weighted by molar-refractivity contribution is 0.544. The monoisotopic (exact) mass is 336 g/mol. The van der Waals surface area contributed by atoms with E-state index in [4.69, 9.17) is 0 Å². The van der Waals surface area contributed by atoms with Gasteiger partial charge >= 0.3 is 0 Å². The van der Waals surface area contributed by atoms with E-state index in [1.807, 2.05) is 13.0 Å². The summed E-state index contributed by atoms with van der Waals surface area (Å²) in [6.07, 6.45) is 0.773. The lowest BCUT2D eigenvalue weighted by Crippen LogP contribution is -2.27. The summed E-state index contributed by atoms with van der Waals surface area (Å²) in [6.45, 7) is 2.60. The van der Waals surface area contributed by atoms with E-state index in [0.29, 0.717) is 6.54 Å². The summed E-state index contributed by atoms with van der Waals surface area (Å²) >= 11 is 0. The van der Waals surface area contributed by atoms with Gasteiger partial charge in [-0.2, -0.15) is 0 Å². The maximum absolute atomic E-state index is 12.9. The molecule has 1 atom stereocenters. The maximum Gasteiger partial charge on any atom is 0.240 e. The molecule has 2 aromatic rings. The predicted molar refractivity (Wildman–Crippen MR) is 89.1 cm³/mol. The van der Waals surface area contributed by atoms with Crippen LogP contribution in [0.2, 0.25) is 0 Å². The van der Waals surface area contributed by atoms with Gasteiger partial charge in [-0.3, -0.25) is 0 Å². The smallest absolute Gasteiger partial charge is 0.240 e. The molecule has 4 nitrogen and oxygen atoms in total. The van der Waals surface area contributed by atoms with Crippen LogP contribution in [-0.4, -0.2) is 21.5 Å². The third-order valence-corrected chi connectivity index (χ3v) is 5.00. The molecule has 0 bridgehead atoms. The molecule has 2 rings (SSSR count).